The van der Waals surface area contributed by atoms with Crippen molar-refractivity contribution in [3.63, 3.8) is 0 Å². The van der Waals surface area contributed by atoms with Gasteiger partial charge in [-0.2, -0.15) is 0 Å². The summed E-state index contributed by atoms with van der Waals surface area (Å²) in [5, 5.41) is 0.607. The molecule has 3 nitrogen and oxygen atoms in total. The van der Waals surface area contributed by atoms with Gasteiger partial charge in [0.1, 0.15) is 5.52 Å². The van der Waals surface area contributed by atoms with E-state index in [1.165, 1.54) is 6.42 Å². The molecule has 16 heavy (non-hydrogen) atoms. The zero-order valence-corrected chi connectivity index (χ0v) is 9.63. The molecule has 0 saturated heterocycles. The summed E-state index contributed by atoms with van der Waals surface area (Å²) in [5.41, 5.74) is 7.54. The molecular formula is C12H13ClN2O. The van der Waals surface area contributed by atoms with Crippen LogP contribution in [0.25, 0.3) is 11.1 Å². The molecule has 0 radical (unpaired) electrons. The van der Waals surface area contributed by atoms with E-state index in [2.05, 4.69) is 4.98 Å². The highest BCUT2D eigenvalue weighted by molar-refractivity contribution is 6.34. The average Bonchev–Trinajstić information content (AvgIpc) is 2.59. The molecule has 1 fully saturated rings. The number of halogens is 1. The van der Waals surface area contributed by atoms with E-state index in [1.54, 1.807) is 6.07 Å². The van der Waals surface area contributed by atoms with Crippen molar-refractivity contribution >= 4 is 22.7 Å². The summed E-state index contributed by atoms with van der Waals surface area (Å²) in [4.78, 5) is 4.41. The van der Waals surface area contributed by atoms with E-state index in [4.69, 9.17) is 21.8 Å². The molecule has 1 saturated carbocycles. The highest BCUT2D eigenvalue weighted by Gasteiger charge is 2.34. The van der Waals surface area contributed by atoms with Crippen LogP contribution in [0.3, 0.4) is 0 Å². The summed E-state index contributed by atoms with van der Waals surface area (Å²) in [6.07, 6.45) is 4.02. The Hall–Kier alpha value is -1.06. The number of aromatic nitrogens is 1. The summed E-state index contributed by atoms with van der Waals surface area (Å²) in [6, 6.07) is 5.58. The molecule has 1 heterocycles. The Morgan fingerprint density at radius 2 is 2.25 bits per heavy atom. The van der Waals surface area contributed by atoms with E-state index < -0.39 is 0 Å². The maximum atomic E-state index is 6.16. The predicted molar refractivity (Wildman–Crippen MR) is 63.5 cm³/mol. The van der Waals surface area contributed by atoms with Gasteiger partial charge in [0.2, 0.25) is 0 Å². The lowest BCUT2D eigenvalue weighted by Gasteiger charge is -2.36. The molecular weight excluding hydrogens is 224 g/mol. The molecule has 4 heteroatoms. The molecule has 1 aliphatic rings. The van der Waals surface area contributed by atoms with Gasteiger partial charge in [-0.25, -0.2) is 4.98 Å². The van der Waals surface area contributed by atoms with Gasteiger partial charge in [-0.15, -0.1) is 0 Å². The first-order valence-corrected chi connectivity index (χ1v) is 5.87. The van der Waals surface area contributed by atoms with Crippen LogP contribution < -0.4 is 5.73 Å². The summed E-state index contributed by atoms with van der Waals surface area (Å²) in [6.45, 7) is 0. The number of hydrogen-bond acceptors (Lipinski definition) is 3. The number of para-hydroxylation sites is 1. The maximum Gasteiger partial charge on any atom is 0.197 e. The van der Waals surface area contributed by atoms with Gasteiger partial charge in [0.05, 0.1) is 5.02 Å². The summed E-state index contributed by atoms with van der Waals surface area (Å²) in [7, 11) is 0. The Morgan fingerprint density at radius 3 is 2.88 bits per heavy atom. The number of oxazole rings is 1. The third-order valence-corrected chi connectivity index (χ3v) is 3.56. The second-order valence-electron chi connectivity index (χ2n) is 4.59. The average molecular weight is 237 g/mol. The molecule has 2 aromatic rings. The van der Waals surface area contributed by atoms with Crippen molar-refractivity contribution in [2.75, 3.05) is 0 Å². The van der Waals surface area contributed by atoms with E-state index >= 15 is 0 Å². The first kappa shape index (κ1) is 10.1. The molecule has 0 atom stereocenters. The van der Waals surface area contributed by atoms with Gasteiger partial charge in [0.15, 0.2) is 11.5 Å². The van der Waals surface area contributed by atoms with Crippen molar-refractivity contribution in [1.29, 1.82) is 0 Å². The first-order valence-electron chi connectivity index (χ1n) is 5.49. The minimum absolute atomic E-state index is 0.104. The Kier molecular flexibility index (Phi) is 2.19. The molecule has 3 rings (SSSR count). The fraction of sp³-hybridized carbons (Fsp3) is 0.417. The number of hydrogen-bond donors (Lipinski definition) is 1. The minimum Gasteiger partial charge on any atom is -0.439 e. The molecule has 1 aromatic carbocycles. The van der Waals surface area contributed by atoms with Gasteiger partial charge >= 0.3 is 0 Å². The van der Waals surface area contributed by atoms with Crippen molar-refractivity contribution < 1.29 is 4.42 Å². The van der Waals surface area contributed by atoms with Crippen molar-refractivity contribution in [1.82, 2.24) is 4.98 Å². The van der Waals surface area contributed by atoms with Crippen molar-refractivity contribution in [2.45, 2.75) is 31.2 Å². The number of fused-ring (bicyclic) bond motifs is 1. The topological polar surface area (TPSA) is 52.0 Å². The van der Waals surface area contributed by atoms with Gasteiger partial charge in [-0.3, -0.25) is 0 Å². The highest BCUT2D eigenvalue weighted by atomic mass is 35.5. The van der Waals surface area contributed by atoms with Gasteiger partial charge in [0, 0.05) is 12.0 Å². The van der Waals surface area contributed by atoms with Gasteiger partial charge in [-0.1, -0.05) is 17.7 Å². The van der Waals surface area contributed by atoms with Crippen LogP contribution in [-0.4, -0.2) is 10.5 Å². The van der Waals surface area contributed by atoms with E-state index in [9.17, 15) is 0 Å². The van der Waals surface area contributed by atoms with Crippen molar-refractivity contribution in [2.24, 2.45) is 5.73 Å². The van der Waals surface area contributed by atoms with Crippen LogP contribution in [0.4, 0.5) is 0 Å². The monoisotopic (exact) mass is 236 g/mol. The van der Waals surface area contributed by atoms with E-state index in [1.807, 2.05) is 12.1 Å². The van der Waals surface area contributed by atoms with Crippen molar-refractivity contribution in [3.8, 4) is 0 Å². The van der Waals surface area contributed by atoms with Gasteiger partial charge in [-0.05, 0) is 31.4 Å². The molecule has 0 aliphatic heterocycles. The lowest BCUT2D eigenvalue weighted by molar-refractivity contribution is 0.232. The predicted octanol–water partition coefficient (Wildman–Crippen LogP) is 2.91. The molecule has 84 valence electrons. The zero-order valence-electron chi connectivity index (χ0n) is 8.87. The van der Waals surface area contributed by atoms with Crippen LogP contribution in [0, 0.1) is 0 Å². The number of rotatable bonds is 2. The molecule has 0 unspecified atom stereocenters. The highest BCUT2D eigenvalue weighted by Crippen LogP contribution is 2.33. The SMILES string of the molecule is NC1(Cc2nc3cccc(Cl)c3o2)CCC1. The number of benzene rings is 1. The third kappa shape index (κ3) is 1.60. The smallest absolute Gasteiger partial charge is 0.197 e. The van der Waals surface area contributed by atoms with E-state index in [0.717, 1.165) is 18.4 Å². The fourth-order valence-electron chi connectivity index (χ4n) is 2.15. The zero-order chi connectivity index (χ0) is 11.2. The van der Waals surface area contributed by atoms with Crippen molar-refractivity contribution in [3.05, 3.63) is 29.1 Å². The molecule has 0 bridgehead atoms. The summed E-state index contributed by atoms with van der Waals surface area (Å²) >= 11 is 6.02. The maximum absolute atomic E-state index is 6.16. The third-order valence-electron chi connectivity index (χ3n) is 3.26. The molecule has 2 N–H and O–H groups in total. The van der Waals surface area contributed by atoms with Crippen LogP contribution in [0.1, 0.15) is 25.2 Å². The fourth-order valence-corrected chi connectivity index (χ4v) is 2.35. The van der Waals surface area contributed by atoms with Crippen LogP contribution >= 0.6 is 11.6 Å². The quantitative estimate of drug-likeness (QED) is 0.872. The second-order valence-corrected chi connectivity index (χ2v) is 5.00. The lowest BCUT2D eigenvalue weighted by atomic mass is 9.75. The molecule has 1 aliphatic carbocycles. The summed E-state index contributed by atoms with van der Waals surface area (Å²) < 4.78 is 5.65. The lowest BCUT2D eigenvalue weighted by Crippen LogP contribution is -2.48. The largest absolute Gasteiger partial charge is 0.439 e. The van der Waals surface area contributed by atoms with Crippen LogP contribution in [0.15, 0.2) is 22.6 Å². The molecule has 0 spiro atoms. The van der Waals surface area contributed by atoms with Gasteiger partial charge < -0.3 is 10.2 Å². The van der Waals surface area contributed by atoms with Crippen LogP contribution in [0.5, 0.6) is 0 Å². The van der Waals surface area contributed by atoms with Crippen LogP contribution in [-0.2, 0) is 6.42 Å². The summed E-state index contributed by atoms with van der Waals surface area (Å²) in [5.74, 6) is 0.699. The standard InChI is InChI=1S/C12H13ClN2O/c13-8-3-1-4-9-11(8)16-10(15-9)7-12(14)5-2-6-12/h1,3-4H,2,5-7,14H2. The Balaban J connectivity index is 1.96. The van der Waals surface area contributed by atoms with E-state index in [-0.39, 0.29) is 5.54 Å². The first-order chi connectivity index (χ1) is 7.66. The Bertz CT molecular complexity index is 531. The Morgan fingerprint density at radius 1 is 1.44 bits per heavy atom. The normalized spacial score (nSPS) is 18.6. The van der Waals surface area contributed by atoms with E-state index in [0.29, 0.717) is 22.9 Å². The molecule has 0 amide bonds. The Labute approximate surface area is 98.6 Å². The minimum atomic E-state index is -0.104. The van der Waals surface area contributed by atoms with Crippen LogP contribution in [0.2, 0.25) is 5.02 Å². The second kappa shape index (κ2) is 3.47. The number of nitrogens with zero attached hydrogens (tertiary/aromatic N) is 1. The number of nitrogens with two attached hydrogens (primary N) is 1. The molecule has 1 aromatic heterocycles. The van der Waals surface area contributed by atoms with Gasteiger partial charge in [0.25, 0.3) is 0 Å².